The maximum absolute atomic E-state index is 14.4. The van der Waals surface area contributed by atoms with Crippen LogP contribution in [0.15, 0.2) is 47.6 Å². The maximum Gasteiger partial charge on any atom is 0.240 e. The van der Waals surface area contributed by atoms with E-state index < -0.39 is 17.2 Å². The highest BCUT2D eigenvalue weighted by Gasteiger charge is 2.55. The Bertz CT molecular complexity index is 991. The van der Waals surface area contributed by atoms with E-state index >= 15 is 0 Å². The number of hydrazone groups is 1. The number of benzene rings is 2. The van der Waals surface area contributed by atoms with E-state index in [4.69, 9.17) is 4.74 Å². The van der Waals surface area contributed by atoms with Crippen LogP contribution in [0.3, 0.4) is 0 Å². The summed E-state index contributed by atoms with van der Waals surface area (Å²) in [5.41, 5.74) is -0.00835. The average Bonchev–Trinajstić information content (AvgIpc) is 3.08. The van der Waals surface area contributed by atoms with E-state index in [2.05, 4.69) is 5.10 Å². The molecule has 28 heavy (non-hydrogen) atoms. The number of carbonyl (C=O) groups excluding carboxylic acids is 2. The molecule has 0 radical (unpaired) electrons. The molecule has 2 aliphatic heterocycles. The summed E-state index contributed by atoms with van der Waals surface area (Å²) in [4.78, 5) is 23.9. The first-order valence-electron chi connectivity index (χ1n) is 8.97. The van der Waals surface area contributed by atoms with Gasteiger partial charge in [-0.3, -0.25) is 4.79 Å². The second kappa shape index (κ2) is 6.82. The number of fused-ring (bicyclic) bond motifs is 2. The standard InChI is InChI=1S/C21H18F2N2O3/c1-13(27)25-21(11-19(24-25)16-10-15(22)6-7-18(16)23)14(8-9-26)12-28-20-5-3-2-4-17(20)21/h2-7,9-10,14H,8,11-12H2,1H3. The SMILES string of the molecule is CC(=O)N1N=C(c2cc(F)ccc2F)CC12c1ccccc1OCC2CC=O. The molecule has 1 spiro atoms. The van der Waals surface area contributed by atoms with E-state index in [0.29, 0.717) is 11.3 Å². The number of rotatable bonds is 3. The minimum absolute atomic E-state index is 0.0111. The van der Waals surface area contributed by atoms with E-state index in [1.165, 1.54) is 11.9 Å². The lowest BCUT2D eigenvalue weighted by molar-refractivity contribution is -0.139. The van der Waals surface area contributed by atoms with Crippen LogP contribution in [-0.2, 0) is 15.1 Å². The van der Waals surface area contributed by atoms with Crippen LogP contribution >= 0.6 is 0 Å². The number of nitrogens with zero attached hydrogens (tertiary/aromatic N) is 2. The predicted octanol–water partition coefficient (Wildman–Crippen LogP) is 3.41. The van der Waals surface area contributed by atoms with Crippen molar-refractivity contribution in [2.75, 3.05) is 6.61 Å². The molecule has 4 rings (SSSR count). The van der Waals surface area contributed by atoms with Crippen LogP contribution < -0.4 is 4.74 Å². The molecule has 2 aromatic carbocycles. The Morgan fingerprint density at radius 1 is 1.32 bits per heavy atom. The highest BCUT2D eigenvalue weighted by molar-refractivity contribution is 6.04. The number of para-hydroxylation sites is 1. The van der Waals surface area contributed by atoms with Crippen LogP contribution in [-0.4, -0.2) is 29.5 Å². The third-order valence-corrected chi connectivity index (χ3v) is 5.42. The van der Waals surface area contributed by atoms with Gasteiger partial charge in [0.1, 0.15) is 29.2 Å². The zero-order valence-corrected chi connectivity index (χ0v) is 15.2. The van der Waals surface area contributed by atoms with Crippen LogP contribution in [0.5, 0.6) is 5.75 Å². The van der Waals surface area contributed by atoms with Crippen molar-refractivity contribution < 1.29 is 23.1 Å². The van der Waals surface area contributed by atoms with Crippen LogP contribution in [0, 0.1) is 17.6 Å². The maximum atomic E-state index is 14.4. The van der Waals surface area contributed by atoms with Gasteiger partial charge >= 0.3 is 0 Å². The molecule has 2 atom stereocenters. The number of halogens is 2. The highest BCUT2D eigenvalue weighted by Crippen LogP contribution is 2.51. The molecular weight excluding hydrogens is 366 g/mol. The number of hydrogen-bond acceptors (Lipinski definition) is 4. The number of hydrogen-bond donors (Lipinski definition) is 0. The van der Waals surface area contributed by atoms with E-state index in [9.17, 15) is 18.4 Å². The fourth-order valence-corrected chi connectivity index (χ4v) is 4.20. The van der Waals surface area contributed by atoms with Gasteiger partial charge in [0.15, 0.2) is 0 Å². The molecule has 0 aromatic heterocycles. The number of amides is 1. The Balaban J connectivity index is 1.90. The van der Waals surface area contributed by atoms with Crippen molar-refractivity contribution in [2.24, 2.45) is 11.0 Å². The Labute approximate surface area is 160 Å². The summed E-state index contributed by atoms with van der Waals surface area (Å²) in [6.45, 7) is 1.58. The van der Waals surface area contributed by atoms with Gasteiger partial charge in [-0.15, -0.1) is 0 Å². The third kappa shape index (κ3) is 2.69. The Hall–Kier alpha value is -3.09. The van der Waals surface area contributed by atoms with Crippen molar-refractivity contribution in [1.29, 1.82) is 0 Å². The van der Waals surface area contributed by atoms with Gasteiger partial charge in [0.25, 0.3) is 0 Å². The van der Waals surface area contributed by atoms with Gasteiger partial charge in [-0.25, -0.2) is 13.8 Å². The monoisotopic (exact) mass is 384 g/mol. The van der Waals surface area contributed by atoms with E-state index in [-0.39, 0.29) is 42.5 Å². The molecule has 0 fully saturated rings. The van der Waals surface area contributed by atoms with Crippen molar-refractivity contribution in [1.82, 2.24) is 5.01 Å². The lowest BCUT2D eigenvalue weighted by Gasteiger charge is -2.45. The Morgan fingerprint density at radius 2 is 2.11 bits per heavy atom. The molecular formula is C21H18F2N2O3. The summed E-state index contributed by atoms with van der Waals surface area (Å²) < 4.78 is 34.0. The molecule has 0 aliphatic carbocycles. The summed E-state index contributed by atoms with van der Waals surface area (Å²) >= 11 is 0. The Kier molecular flexibility index (Phi) is 4.45. The van der Waals surface area contributed by atoms with Crippen LogP contribution in [0.2, 0.25) is 0 Å². The number of aldehydes is 1. The van der Waals surface area contributed by atoms with Gasteiger partial charge in [0.05, 0.1) is 12.3 Å². The number of carbonyl (C=O) groups is 2. The summed E-state index contributed by atoms with van der Waals surface area (Å²) in [5.74, 6) is -1.34. The van der Waals surface area contributed by atoms with Gasteiger partial charge in [-0.05, 0) is 24.3 Å². The largest absolute Gasteiger partial charge is 0.493 e. The summed E-state index contributed by atoms with van der Waals surface area (Å²) in [6, 6.07) is 10.4. The molecule has 0 saturated heterocycles. The van der Waals surface area contributed by atoms with E-state index in [1.54, 1.807) is 6.07 Å². The van der Waals surface area contributed by atoms with Crippen LogP contribution in [0.25, 0.3) is 0 Å². The smallest absolute Gasteiger partial charge is 0.240 e. The molecule has 2 aromatic rings. The molecule has 2 heterocycles. The first-order valence-corrected chi connectivity index (χ1v) is 8.97. The molecule has 144 valence electrons. The van der Waals surface area contributed by atoms with Gasteiger partial charge < -0.3 is 9.53 Å². The zero-order valence-electron chi connectivity index (χ0n) is 15.2. The lowest BCUT2D eigenvalue weighted by atomic mass is 9.71. The third-order valence-electron chi connectivity index (χ3n) is 5.42. The molecule has 1 amide bonds. The van der Waals surface area contributed by atoms with Crippen LogP contribution in [0.4, 0.5) is 8.78 Å². The fourth-order valence-electron chi connectivity index (χ4n) is 4.20. The molecule has 0 bridgehead atoms. The summed E-state index contributed by atoms with van der Waals surface area (Å²) in [5, 5.41) is 5.70. The molecule has 2 aliphatic rings. The Morgan fingerprint density at radius 3 is 2.86 bits per heavy atom. The van der Waals surface area contributed by atoms with Crippen molar-refractivity contribution in [2.45, 2.75) is 25.3 Å². The van der Waals surface area contributed by atoms with E-state index in [1.807, 2.05) is 18.2 Å². The molecule has 2 unspecified atom stereocenters. The second-order valence-electron chi connectivity index (χ2n) is 7.01. The van der Waals surface area contributed by atoms with Gasteiger partial charge in [0, 0.05) is 36.8 Å². The van der Waals surface area contributed by atoms with Gasteiger partial charge in [-0.1, -0.05) is 18.2 Å². The van der Waals surface area contributed by atoms with E-state index in [0.717, 1.165) is 24.5 Å². The van der Waals surface area contributed by atoms with Crippen molar-refractivity contribution in [3.63, 3.8) is 0 Å². The second-order valence-corrected chi connectivity index (χ2v) is 7.01. The molecule has 7 heteroatoms. The minimum atomic E-state index is -0.990. The summed E-state index contributed by atoms with van der Waals surface area (Å²) in [7, 11) is 0. The van der Waals surface area contributed by atoms with Gasteiger partial charge in [-0.2, -0.15) is 5.10 Å². The normalized spacial score (nSPS) is 23.2. The minimum Gasteiger partial charge on any atom is -0.493 e. The van der Waals surface area contributed by atoms with Crippen molar-refractivity contribution in [3.05, 3.63) is 65.2 Å². The van der Waals surface area contributed by atoms with Crippen LogP contribution in [0.1, 0.15) is 30.9 Å². The highest BCUT2D eigenvalue weighted by atomic mass is 19.1. The average molecular weight is 384 g/mol. The lowest BCUT2D eigenvalue weighted by Crippen LogP contribution is -2.52. The quantitative estimate of drug-likeness (QED) is 0.762. The molecule has 5 nitrogen and oxygen atoms in total. The van der Waals surface area contributed by atoms with Crippen molar-refractivity contribution >= 4 is 17.9 Å². The fraction of sp³-hybridized carbons (Fsp3) is 0.286. The van der Waals surface area contributed by atoms with Gasteiger partial charge in [0.2, 0.25) is 5.91 Å². The predicted molar refractivity (Wildman–Crippen MR) is 97.8 cm³/mol. The summed E-state index contributed by atoms with van der Waals surface area (Å²) in [6.07, 6.45) is 1.08. The molecule has 0 saturated carbocycles. The molecule has 0 N–H and O–H groups in total. The van der Waals surface area contributed by atoms with Crippen molar-refractivity contribution in [3.8, 4) is 5.75 Å². The topological polar surface area (TPSA) is 59.0 Å². The zero-order chi connectivity index (χ0) is 19.9. The number of ether oxygens (including phenoxy) is 1. The first-order chi connectivity index (χ1) is 13.5. The first kappa shape index (κ1) is 18.3.